The zero-order chi connectivity index (χ0) is 14.9. The van der Waals surface area contributed by atoms with Crippen molar-refractivity contribution in [3.8, 4) is 0 Å². The second kappa shape index (κ2) is 5.69. The summed E-state index contributed by atoms with van der Waals surface area (Å²) < 4.78 is 15.9. The molecule has 0 amide bonds. The van der Waals surface area contributed by atoms with Crippen molar-refractivity contribution in [1.29, 1.82) is 0 Å². The van der Waals surface area contributed by atoms with E-state index in [4.69, 9.17) is 14.2 Å². The van der Waals surface area contributed by atoms with E-state index < -0.39 is 5.97 Å². The van der Waals surface area contributed by atoms with Crippen molar-refractivity contribution in [2.45, 2.75) is 38.9 Å². The molecule has 0 aromatic rings. The second-order valence-electron chi connectivity index (χ2n) is 5.58. The van der Waals surface area contributed by atoms with Gasteiger partial charge in [-0.15, -0.1) is 0 Å². The van der Waals surface area contributed by atoms with Gasteiger partial charge in [-0.2, -0.15) is 0 Å². The lowest BCUT2D eigenvalue weighted by atomic mass is 9.99. The van der Waals surface area contributed by atoms with E-state index in [1.54, 1.807) is 6.92 Å². The maximum atomic E-state index is 11.8. The Hall–Kier alpha value is -1.78. The van der Waals surface area contributed by atoms with Gasteiger partial charge < -0.3 is 14.2 Å². The number of hydrogen-bond donors (Lipinski definition) is 0. The molecule has 0 N–H and O–H groups in total. The summed E-state index contributed by atoms with van der Waals surface area (Å²) in [6, 6.07) is 0. The van der Waals surface area contributed by atoms with Gasteiger partial charge in [-0.05, 0) is 24.8 Å². The maximum Gasteiger partial charge on any atom is 0.344 e. The monoisotopic (exact) mass is 280 g/mol. The summed E-state index contributed by atoms with van der Waals surface area (Å²) >= 11 is 0. The van der Waals surface area contributed by atoms with Gasteiger partial charge in [-0.25, -0.2) is 4.79 Å². The first kappa shape index (κ1) is 14.6. The van der Waals surface area contributed by atoms with E-state index in [1.807, 2.05) is 6.92 Å². The smallest absolute Gasteiger partial charge is 0.344 e. The molecule has 0 radical (unpaired) electrons. The molecule has 1 saturated heterocycles. The SMILES string of the molecule is C=C(C)C(=C)OCC(=O)OC1C2CC(=O)OC1C(C)C2. The number of fused-ring (bicyclic) bond motifs is 2. The minimum atomic E-state index is -0.473. The predicted octanol–water partition coefficient (Wildman–Crippen LogP) is 1.98. The number of esters is 2. The Labute approximate surface area is 118 Å². The van der Waals surface area contributed by atoms with E-state index in [0.717, 1.165) is 6.42 Å². The van der Waals surface area contributed by atoms with Gasteiger partial charge in [0, 0.05) is 5.92 Å². The van der Waals surface area contributed by atoms with Gasteiger partial charge in [-0.1, -0.05) is 20.1 Å². The third kappa shape index (κ3) is 3.03. The molecule has 0 spiro atoms. The molecule has 20 heavy (non-hydrogen) atoms. The van der Waals surface area contributed by atoms with Crippen LogP contribution in [0.3, 0.4) is 0 Å². The zero-order valence-corrected chi connectivity index (χ0v) is 11.9. The summed E-state index contributed by atoms with van der Waals surface area (Å²) in [5, 5.41) is 0. The fourth-order valence-electron chi connectivity index (χ4n) is 2.75. The minimum absolute atomic E-state index is 0.0598. The van der Waals surface area contributed by atoms with Crippen molar-refractivity contribution in [2.75, 3.05) is 6.61 Å². The summed E-state index contributed by atoms with van der Waals surface area (Å²) in [6.45, 7) is 10.9. The fraction of sp³-hybridized carbons (Fsp3) is 0.600. The molecule has 1 aliphatic heterocycles. The summed E-state index contributed by atoms with van der Waals surface area (Å²) in [5.41, 5.74) is 0.665. The van der Waals surface area contributed by atoms with Gasteiger partial charge in [0.15, 0.2) is 6.61 Å². The van der Waals surface area contributed by atoms with Crippen LogP contribution in [-0.2, 0) is 23.8 Å². The first-order valence-electron chi connectivity index (χ1n) is 6.75. The van der Waals surface area contributed by atoms with Crippen molar-refractivity contribution in [2.24, 2.45) is 11.8 Å². The van der Waals surface area contributed by atoms with Crippen molar-refractivity contribution in [3.05, 3.63) is 24.5 Å². The fourth-order valence-corrected chi connectivity index (χ4v) is 2.75. The minimum Gasteiger partial charge on any atom is -0.482 e. The lowest BCUT2D eigenvalue weighted by molar-refractivity contribution is -0.181. The number of carbonyl (C=O) groups is 2. The molecule has 5 heteroatoms. The van der Waals surface area contributed by atoms with Crippen LogP contribution in [0.4, 0.5) is 0 Å². The average Bonchev–Trinajstić information content (AvgIpc) is 2.55. The van der Waals surface area contributed by atoms with Crippen molar-refractivity contribution < 1.29 is 23.8 Å². The number of carbonyl (C=O) groups excluding carboxylic acids is 2. The Morgan fingerprint density at radius 3 is 2.75 bits per heavy atom. The molecular weight excluding hydrogens is 260 g/mol. The van der Waals surface area contributed by atoms with Gasteiger partial charge >= 0.3 is 11.9 Å². The zero-order valence-electron chi connectivity index (χ0n) is 11.9. The highest BCUT2D eigenvalue weighted by Gasteiger charge is 2.50. The quantitative estimate of drug-likeness (QED) is 0.438. The number of ether oxygens (including phenoxy) is 3. The summed E-state index contributed by atoms with van der Waals surface area (Å²) in [7, 11) is 0. The highest BCUT2D eigenvalue weighted by Crippen LogP contribution is 2.41. The standard InChI is InChI=1S/C15H20O5/c1-8(2)10(4)18-7-13(17)20-15-11-5-9(3)14(15)19-12(16)6-11/h9,11,14-15H,1,4-7H2,2-3H3. The van der Waals surface area contributed by atoms with Gasteiger partial charge in [0.1, 0.15) is 18.0 Å². The van der Waals surface area contributed by atoms with Crippen LogP contribution in [0, 0.1) is 11.8 Å². The van der Waals surface area contributed by atoms with Crippen LogP contribution in [0.5, 0.6) is 0 Å². The Morgan fingerprint density at radius 2 is 2.15 bits per heavy atom. The van der Waals surface area contributed by atoms with E-state index in [9.17, 15) is 9.59 Å². The first-order chi connectivity index (χ1) is 9.38. The summed E-state index contributed by atoms with van der Waals surface area (Å²) in [4.78, 5) is 23.2. The molecule has 110 valence electrons. The van der Waals surface area contributed by atoms with Gasteiger partial charge in [0.25, 0.3) is 0 Å². The van der Waals surface area contributed by atoms with Crippen LogP contribution >= 0.6 is 0 Å². The Morgan fingerprint density at radius 1 is 1.45 bits per heavy atom. The van der Waals surface area contributed by atoms with E-state index in [0.29, 0.717) is 17.8 Å². The van der Waals surface area contributed by atoms with Crippen molar-refractivity contribution >= 4 is 11.9 Å². The molecule has 0 aromatic heterocycles. The van der Waals surface area contributed by atoms with Gasteiger partial charge in [0.05, 0.1) is 6.42 Å². The van der Waals surface area contributed by atoms with Crippen molar-refractivity contribution in [3.63, 3.8) is 0 Å². The lowest BCUT2D eigenvalue weighted by Crippen LogP contribution is -2.42. The molecule has 1 heterocycles. The highest BCUT2D eigenvalue weighted by atomic mass is 16.6. The second-order valence-corrected chi connectivity index (χ2v) is 5.58. The number of rotatable bonds is 5. The number of allylic oxidation sites excluding steroid dienone is 1. The molecule has 2 bridgehead atoms. The summed E-state index contributed by atoms with van der Waals surface area (Å²) in [6.07, 6.45) is 0.484. The van der Waals surface area contributed by atoms with E-state index in [1.165, 1.54) is 0 Å². The average molecular weight is 280 g/mol. The molecule has 2 aliphatic rings. The van der Waals surface area contributed by atoms with E-state index >= 15 is 0 Å². The highest BCUT2D eigenvalue weighted by molar-refractivity contribution is 5.73. The van der Waals surface area contributed by atoms with Crippen LogP contribution in [0.2, 0.25) is 0 Å². The Kier molecular flexibility index (Phi) is 4.16. The molecule has 0 aromatic carbocycles. The molecular formula is C15H20O5. The third-order valence-electron chi connectivity index (χ3n) is 3.83. The van der Waals surface area contributed by atoms with Gasteiger partial charge in [0.2, 0.25) is 0 Å². The molecule has 5 nitrogen and oxygen atoms in total. The van der Waals surface area contributed by atoms with Crippen LogP contribution in [0.25, 0.3) is 0 Å². The number of hydrogen-bond acceptors (Lipinski definition) is 5. The van der Waals surface area contributed by atoms with Crippen LogP contribution in [-0.4, -0.2) is 30.8 Å². The Bertz CT molecular complexity index is 453. The lowest BCUT2D eigenvalue weighted by Gasteiger charge is -2.30. The van der Waals surface area contributed by atoms with Crippen molar-refractivity contribution in [1.82, 2.24) is 0 Å². The maximum absolute atomic E-state index is 11.8. The third-order valence-corrected chi connectivity index (χ3v) is 3.83. The molecule has 1 saturated carbocycles. The normalized spacial score (nSPS) is 31.4. The first-order valence-corrected chi connectivity index (χ1v) is 6.75. The van der Waals surface area contributed by atoms with Crippen LogP contribution in [0.1, 0.15) is 26.7 Å². The molecule has 2 rings (SSSR count). The van der Waals surface area contributed by atoms with Gasteiger partial charge in [-0.3, -0.25) is 4.79 Å². The molecule has 4 atom stereocenters. The molecule has 1 aliphatic carbocycles. The topological polar surface area (TPSA) is 61.8 Å². The van der Waals surface area contributed by atoms with Crippen LogP contribution < -0.4 is 0 Å². The summed E-state index contributed by atoms with van der Waals surface area (Å²) in [5.74, 6) is -0.0311. The molecule has 2 fully saturated rings. The predicted molar refractivity (Wildman–Crippen MR) is 71.6 cm³/mol. The van der Waals surface area contributed by atoms with Crippen LogP contribution in [0.15, 0.2) is 24.5 Å². The molecule has 4 unspecified atom stereocenters. The van der Waals surface area contributed by atoms with E-state index in [-0.39, 0.29) is 36.6 Å². The Balaban J connectivity index is 1.87. The largest absolute Gasteiger partial charge is 0.482 e. The van der Waals surface area contributed by atoms with E-state index in [2.05, 4.69) is 13.2 Å².